The van der Waals surface area contributed by atoms with Gasteiger partial charge in [0, 0.05) is 25.0 Å². The van der Waals surface area contributed by atoms with Gasteiger partial charge in [-0.05, 0) is 30.2 Å². The molecule has 0 spiro atoms. The van der Waals surface area contributed by atoms with Gasteiger partial charge in [-0.25, -0.2) is 0 Å². The molecule has 4 heteroatoms. The summed E-state index contributed by atoms with van der Waals surface area (Å²) in [5.41, 5.74) is 0. The smallest absolute Gasteiger partial charge is 0.236 e. The predicted octanol–water partition coefficient (Wildman–Crippen LogP) is 1.88. The van der Waals surface area contributed by atoms with E-state index in [1.165, 1.54) is 17.7 Å². The molecule has 0 aliphatic heterocycles. The maximum Gasteiger partial charge on any atom is 0.236 e. The highest BCUT2D eigenvalue weighted by molar-refractivity contribution is 7.10. The van der Waals surface area contributed by atoms with E-state index in [0.717, 1.165) is 5.92 Å². The van der Waals surface area contributed by atoms with Gasteiger partial charge < -0.3 is 10.2 Å². The third kappa shape index (κ3) is 2.83. The zero-order valence-corrected chi connectivity index (χ0v) is 10.6. The molecule has 1 aromatic rings. The molecule has 1 aliphatic carbocycles. The van der Waals surface area contributed by atoms with Gasteiger partial charge in [0.25, 0.3) is 0 Å². The van der Waals surface area contributed by atoms with Crippen molar-refractivity contribution in [3.05, 3.63) is 22.4 Å². The van der Waals surface area contributed by atoms with Gasteiger partial charge in [0.1, 0.15) is 0 Å². The quantitative estimate of drug-likeness (QED) is 0.849. The summed E-state index contributed by atoms with van der Waals surface area (Å²) < 4.78 is 0. The fourth-order valence-corrected chi connectivity index (χ4v) is 2.65. The van der Waals surface area contributed by atoms with Crippen molar-refractivity contribution in [1.82, 2.24) is 10.2 Å². The molecule has 1 aliphatic rings. The molecule has 3 nitrogen and oxygen atoms in total. The number of likely N-dealkylation sites (N-methyl/N-ethyl adjacent to an activating group) is 1. The summed E-state index contributed by atoms with van der Waals surface area (Å²) >= 11 is 1.77. The average molecular weight is 238 g/mol. The van der Waals surface area contributed by atoms with Gasteiger partial charge in [-0.15, -0.1) is 11.3 Å². The van der Waals surface area contributed by atoms with Crippen LogP contribution in [0, 0.1) is 5.92 Å². The van der Waals surface area contributed by atoms with Crippen molar-refractivity contribution in [3.8, 4) is 0 Å². The number of nitrogens with zero attached hydrogens (tertiary/aromatic N) is 1. The van der Waals surface area contributed by atoms with Crippen molar-refractivity contribution in [2.75, 3.05) is 20.6 Å². The van der Waals surface area contributed by atoms with Crippen LogP contribution in [0.25, 0.3) is 0 Å². The number of carbonyl (C=O) groups excluding carboxylic acids is 1. The van der Waals surface area contributed by atoms with Gasteiger partial charge in [-0.1, -0.05) is 6.07 Å². The number of hydrogen-bond acceptors (Lipinski definition) is 3. The second-order valence-electron chi connectivity index (χ2n) is 4.50. The molecule has 1 N–H and O–H groups in total. The lowest BCUT2D eigenvalue weighted by Crippen LogP contribution is -2.35. The van der Waals surface area contributed by atoms with Crippen LogP contribution < -0.4 is 5.32 Å². The van der Waals surface area contributed by atoms with E-state index in [1.807, 2.05) is 0 Å². The summed E-state index contributed by atoms with van der Waals surface area (Å²) in [5, 5.41) is 5.48. The summed E-state index contributed by atoms with van der Waals surface area (Å²) in [6, 6.07) is 4.61. The Hall–Kier alpha value is -0.870. The first kappa shape index (κ1) is 11.6. The number of amides is 1. The van der Waals surface area contributed by atoms with Crippen LogP contribution >= 0.6 is 11.3 Å². The maximum atomic E-state index is 11.5. The molecule has 1 saturated carbocycles. The Bertz CT molecular complexity index is 344. The Kier molecular flexibility index (Phi) is 3.61. The van der Waals surface area contributed by atoms with Crippen LogP contribution in [0.1, 0.15) is 23.8 Å². The topological polar surface area (TPSA) is 32.3 Å². The Balaban J connectivity index is 1.92. The zero-order valence-electron chi connectivity index (χ0n) is 9.77. The fourth-order valence-electron chi connectivity index (χ4n) is 1.75. The van der Waals surface area contributed by atoms with Gasteiger partial charge in [-0.2, -0.15) is 0 Å². The Morgan fingerprint density at radius 1 is 1.62 bits per heavy atom. The first-order valence-corrected chi connectivity index (χ1v) is 6.53. The molecule has 1 atom stereocenters. The van der Waals surface area contributed by atoms with Crippen molar-refractivity contribution < 1.29 is 4.79 Å². The highest BCUT2D eigenvalue weighted by Gasteiger charge is 2.32. The van der Waals surface area contributed by atoms with Crippen LogP contribution in [0.2, 0.25) is 0 Å². The summed E-state index contributed by atoms with van der Waals surface area (Å²) in [6.07, 6.45) is 2.57. The summed E-state index contributed by atoms with van der Waals surface area (Å²) in [6.45, 7) is 0.437. The van der Waals surface area contributed by atoms with Crippen LogP contribution in [-0.4, -0.2) is 31.4 Å². The largest absolute Gasteiger partial charge is 0.348 e. The number of thiophene rings is 1. The van der Waals surface area contributed by atoms with E-state index in [2.05, 4.69) is 22.8 Å². The van der Waals surface area contributed by atoms with Gasteiger partial charge in [0.05, 0.1) is 6.54 Å². The van der Waals surface area contributed by atoms with E-state index in [1.54, 1.807) is 30.3 Å². The lowest BCUT2D eigenvalue weighted by molar-refractivity contribution is -0.127. The summed E-state index contributed by atoms with van der Waals surface area (Å²) in [7, 11) is 3.59. The maximum absolute atomic E-state index is 11.5. The zero-order chi connectivity index (χ0) is 11.5. The number of rotatable bonds is 5. The van der Waals surface area contributed by atoms with Gasteiger partial charge in [-0.3, -0.25) is 4.79 Å². The second kappa shape index (κ2) is 4.97. The van der Waals surface area contributed by atoms with E-state index in [9.17, 15) is 4.79 Å². The predicted molar refractivity (Wildman–Crippen MR) is 66.5 cm³/mol. The molecule has 1 fully saturated rings. The SMILES string of the molecule is CN(C)C(=O)CNC(c1cccs1)C1CC1. The summed E-state index contributed by atoms with van der Waals surface area (Å²) in [4.78, 5) is 14.5. The first-order valence-electron chi connectivity index (χ1n) is 5.65. The monoisotopic (exact) mass is 238 g/mol. The van der Waals surface area contributed by atoms with E-state index in [0.29, 0.717) is 12.6 Å². The van der Waals surface area contributed by atoms with Crippen molar-refractivity contribution in [2.45, 2.75) is 18.9 Å². The minimum absolute atomic E-state index is 0.141. The minimum Gasteiger partial charge on any atom is -0.348 e. The second-order valence-corrected chi connectivity index (χ2v) is 5.48. The highest BCUT2D eigenvalue weighted by atomic mass is 32.1. The lowest BCUT2D eigenvalue weighted by atomic mass is 10.1. The van der Waals surface area contributed by atoms with Crippen molar-refractivity contribution in [1.29, 1.82) is 0 Å². The molecule has 0 bridgehead atoms. The number of carbonyl (C=O) groups is 1. The van der Waals surface area contributed by atoms with E-state index >= 15 is 0 Å². The molecule has 0 radical (unpaired) electrons. The molecule has 2 rings (SSSR count). The molecule has 1 heterocycles. The Morgan fingerprint density at radius 3 is 2.88 bits per heavy atom. The average Bonchev–Trinajstić information content (AvgIpc) is 2.93. The van der Waals surface area contributed by atoms with Crippen molar-refractivity contribution in [3.63, 3.8) is 0 Å². The number of hydrogen-bond donors (Lipinski definition) is 1. The van der Waals surface area contributed by atoms with Crippen molar-refractivity contribution in [2.24, 2.45) is 5.92 Å². The van der Waals surface area contributed by atoms with E-state index in [4.69, 9.17) is 0 Å². The molecule has 0 aromatic carbocycles. The number of nitrogens with one attached hydrogen (secondary N) is 1. The van der Waals surface area contributed by atoms with E-state index < -0.39 is 0 Å². The standard InChI is InChI=1S/C12H18N2OS/c1-14(2)11(15)8-13-12(9-5-6-9)10-4-3-7-16-10/h3-4,7,9,12-13H,5-6,8H2,1-2H3. The lowest BCUT2D eigenvalue weighted by Gasteiger charge is -2.18. The third-order valence-electron chi connectivity index (χ3n) is 2.92. The van der Waals surface area contributed by atoms with Crippen LogP contribution in [0.4, 0.5) is 0 Å². The molecule has 0 saturated heterocycles. The highest BCUT2D eigenvalue weighted by Crippen LogP contribution is 2.42. The van der Waals surface area contributed by atoms with Crippen LogP contribution in [0.3, 0.4) is 0 Å². The normalized spacial score (nSPS) is 17.1. The minimum atomic E-state index is 0.141. The fraction of sp³-hybridized carbons (Fsp3) is 0.583. The van der Waals surface area contributed by atoms with Gasteiger partial charge in [0.2, 0.25) is 5.91 Å². The Labute approximate surface area is 100 Å². The molecule has 88 valence electrons. The molecule has 1 aromatic heterocycles. The molecular weight excluding hydrogens is 220 g/mol. The van der Waals surface area contributed by atoms with Gasteiger partial charge in [0.15, 0.2) is 0 Å². The first-order chi connectivity index (χ1) is 7.68. The molecule has 1 amide bonds. The molecule has 16 heavy (non-hydrogen) atoms. The Morgan fingerprint density at radius 2 is 2.38 bits per heavy atom. The van der Waals surface area contributed by atoms with Crippen LogP contribution in [0.5, 0.6) is 0 Å². The van der Waals surface area contributed by atoms with Crippen LogP contribution in [0.15, 0.2) is 17.5 Å². The van der Waals surface area contributed by atoms with Crippen molar-refractivity contribution >= 4 is 17.2 Å². The molecular formula is C12H18N2OS. The van der Waals surface area contributed by atoms with E-state index in [-0.39, 0.29) is 5.91 Å². The third-order valence-corrected chi connectivity index (χ3v) is 3.87. The molecule has 1 unspecified atom stereocenters. The van der Waals surface area contributed by atoms with Crippen LogP contribution in [-0.2, 0) is 4.79 Å². The summed E-state index contributed by atoms with van der Waals surface area (Å²) in [5.74, 6) is 0.871. The van der Waals surface area contributed by atoms with Gasteiger partial charge >= 0.3 is 0 Å².